The van der Waals surface area contributed by atoms with Gasteiger partial charge in [0, 0.05) is 19.4 Å². The van der Waals surface area contributed by atoms with E-state index in [0.29, 0.717) is 6.42 Å². The second-order valence-electron chi connectivity index (χ2n) is 13.9. The van der Waals surface area contributed by atoms with Crippen LogP contribution in [0.2, 0.25) is 0 Å². The highest BCUT2D eigenvalue weighted by Gasteiger charge is 2.26. The van der Waals surface area contributed by atoms with E-state index in [-0.39, 0.29) is 38.6 Å². The minimum absolute atomic E-state index is 0.0560. The molecule has 0 aliphatic rings. The molecule has 0 bridgehead atoms. The van der Waals surface area contributed by atoms with E-state index in [0.717, 1.165) is 32.1 Å². The molecule has 0 heterocycles. The van der Waals surface area contributed by atoms with E-state index in [1.807, 2.05) is 0 Å². The Morgan fingerprint density at radius 1 is 0.580 bits per heavy atom. The zero-order chi connectivity index (χ0) is 36.8. The Kier molecular flexibility index (Phi) is 36.6. The normalized spacial score (nSPS) is 13.4. The second kappa shape index (κ2) is 37.5. The molecule has 9 nitrogen and oxygen atoms in total. The molecule has 0 spiro atoms. The number of rotatable bonds is 39. The average molecular weight is 732 g/mol. The predicted octanol–water partition coefficient (Wildman–Crippen LogP) is 11.4. The van der Waals surface area contributed by atoms with Crippen LogP contribution in [0.4, 0.5) is 0 Å². The highest BCUT2D eigenvalue weighted by atomic mass is 31.2. The molecule has 3 N–H and O–H groups in total. The van der Waals surface area contributed by atoms with E-state index in [1.54, 1.807) is 0 Å². The highest BCUT2D eigenvalue weighted by Crippen LogP contribution is 2.43. The molecule has 10 heteroatoms. The van der Waals surface area contributed by atoms with Crippen LogP contribution >= 0.6 is 7.82 Å². The summed E-state index contributed by atoms with van der Waals surface area (Å²) in [5.41, 5.74) is 5.34. The summed E-state index contributed by atoms with van der Waals surface area (Å²) in [6.07, 6.45) is 36.6. The van der Waals surface area contributed by atoms with E-state index >= 15 is 0 Å². The summed E-state index contributed by atoms with van der Waals surface area (Å²) in [4.78, 5) is 34.8. The topological polar surface area (TPSA) is 134 Å². The zero-order valence-corrected chi connectivity index (χ0v) is 33.3. The van der Waals surface area contributed by atoms with Gasteiger partial charge in [-0.1, -0.05) is 167 Å². The number of esters is 2. The third-order valence-electron chi connectivity index (χ3n) is 8.90. The van der Waals surface area contributed by atoms with E-state index in [9.17, 15) is 19.0 Å². The lowest BCUT2D eigenvalue weighted by Gasteiger charge is -2.19. The lowest BCUT2D eigenvalue weighted by molar-refractivity contribution is -0.161. The molecular weight excluding hydrogens is 653 g/mol. The van der Waals surface area contributed by atoms with Crippen molar-refractivity contribution in [3.8, 4) is 0 Å². The number of ether oxygens (including phenoxy) is 2. The molecule has 0 aliphatic heterocycles. The molecule has 50 heavy (non-hydrogen) atoms. The van der Waals surface area contributed by atoms with Crippen LogP contribution in [0.5, 0.6) is 0 Å². The van der Waals surface area contributed by atoms with Gasteiger partial charge in [-0.15, -0.1) is 0 Å². The molecule has 0 aromatic carbocycles. The average Bonchev–Trinajstić information content (AvgIpc) is 3.10. The molecule has 0 aromatic heterocycles. The van der Waals surface area contributed by atoms with Gasteiger partial charge >= 0.3 is 19.8 Å². The molecule has 0 rings (SSSR count). The summed E-state index contributed by atoms with van der Waals surface area (Å²) in [7, 11) is -4.37. The molecule has 0 saturated heterocycles. The molecule has 0 saturated carbocycles. The Hall–Kier alpha value is -1.25. The van der Waals surface area contributed by atoms with Gasteiger partial charge in [-0.3, -0.25) is 18.6 Å². The minimum atomic E-state index is -4.37. The van der Waals surface area contributed by atoms with Gasteiger partial charge in [-0.05, 0) is 32.1 Å². The zero-order valence-electron chi connectivity index (χ0n) is 32.4. The predicted molar refractivity (Wildman–Crippen MR) is 206 cm³/mol. The van der Waals surface area contributed by atoms with Crippen molar-refractivity contribution < 1.29 is 37.6 Å². The van der Waals surface area contributed by atoms with Crippen molar-refractivity contribution >= 4 is 19.8 Å². The lowest BCUT2D eigenvalue weighted by Crippen LogP contribution is -2.29. The van der Waals surface area contributed by atoms with Gasteiger partial charge in [-0.25, -0.2) is 4.57 Å². The fraction of sp³-hybridized carbons (Fsp3) is 0.900. The minimum Gasteiger partial charge on any atom is -0.462 e. The van der Waals surface area contributed by atoms with Gasteiger partial charge < -0.3 is 20.1 Å². The first-order valence-electron chi connectivity index (χ1n) is 20.7. The fourth-order valence-electron chi connectivity index (χ4n) is 5.79. The Balaban J connectivity index is 4.15. The smallest absolute Gasteiger partial charge is 0.462 e. The molecule has 0 fully saturated rings. The summed E-state index contributed by atoms with van der Waals surface area (Å²) in [5.74, 6) is -0.822. The number of phosphoric acid groups is 1. The first-order chi connectivity index (χ1) is 24.3. The van der Waals surface area contributed by atoms with Crippen LogP contribution in [0, 0.1) is 0 Å². The number of nitrogens with two attached hydrogens (primary N) is 1. The first kappa shape index (κ1) is 48.8. The third kappa shape index (κ3) is 36.5. The Labute approximate surface area is 307 Å². The summed E-state index contributed by atoms with van der Waals surface area (Å²) in [6.45, 7) is 3.72. The van der Waals surface area contributed by atoms with Crippen molar-refractivity contribution in [2.75, 3.05) is 26.4 Å². The van der Waals surface area contributed by atoms with Crippen LogP contribution in [0.25, 0.3) is 0 Å². The van der Waals surface area contributed by atoms with Crippen molar-refractivity contribution in [1.82, 2.24) is 0 Å². The first-order valence-corrected chi connectivity index (χ1v) is 22.2. The summed E-state index contributed by atoms with van der Waals surface area (Å²) >= 11 is 0. The Bertz CT molecular complexity index is 840. The van der Waals surface area contributed by atoms with Crippen LogP contribution in [0.3, 0.4) is 0 Å². The maximum atomic E-state index is 12.5. The number of hydrogen-bond donors (Lipinski definition) is 2. The van der Waals surface area contributed by atoms with E-state index in [4.69, 9.17) is 24.3 Å². The monoisotopic (exact) mass is 732 g/mol. The molecule has 0 amide bonds. The highest BCUT2D eigenvalue weighted by molar-refractivity contribution is 7.47. The van der Waals surface area contributed by atoms with E-state index < -0.39 is 26.5 Å². The Morgan fingerprint density at radius 2 is 1.00 bits per heavy atom. The number of carbonyl (C=O) groups is 2. The van der Waals surface area contributed by atoms with Crippen molar-refractivity contribution in [2.45, 2.75) is 206 Å². The quantitative estimate of drug-likeness (QED) is 0.0274. The van der Waals surface area contributed by atoms with Gasteiger partial charge in [-0.2, -0.15) is 0 Å². The molecule has 1 unspecified atom stereocenters. The lowest BCUT2D eigenvalue weighted by atomic mass is 10.0. The Morgan fingerprint density at radius 3 is 1.48 bits per heavy atom. The van der Waals surface area contributed by atoms with Crippen LogP contribution in [-0.2, 0) is 32.7 Å². The van der Waals surface area contributed by atoms with Crippen LogP contribution < -0.4 is 5.73 Å². The number of allylic oxidation sites excluding steroid dienone is 2. The van der Waals surface area contributed by atoms with Crippen molar-refractivity contribution in [3.63, 3.8) is 0 Å². The SMILES string of the molecule is CCCC/C=C/CCCCCCCCCCCC(=O)OC[C@H](COP(=O)(O)OCCN)OC(=O)CCCCCCCCCCCCCCCC. The maximum Gasteiger partial charge on any atom is 0.472 e. The summed E-state index contributed by atoms with van der Waals surface area (Å²) < 4.78 is 32.7. The molecular formula is C40H78NO8P. The van der Waals surface area contributed by atoms with Gasteiger partial charge in [0.15, 0.2) is 6.10 Å². The molecule has 0 aliphatic carbocycles. The van der Waals surface area contributed by atoms with Crippen LogP contribution in [0.15, 0.2) is 12.2 Å². The summed E-state index contributed by atoms with van der Waals surface area (Å²) in [5, 5.41) is 0. The maximum absolute atomic E-state index is 12.5. The van der Waals surface area contributed by atoms with Gasteiger partial charge in [0.25, 0.3) is 0 Å². The molecule has 2 atom stereocenters. The van der Waals surface area contributed by atoms with Crippen molar-refractivity contribution in [2.24, 2.45) is 5.73 Å². The number of carbonyl (C=O) groups excluding carboxylic acids is 2. The van der Waals surface area contributed by atoms with Crippen molar-refractivity contribution in [1.29, 1.82) is 0 Å². The van der Waals surface area contributed by atoms with E-state index in [1.165, 1.54) is 135 Å². The standard InChI is InChI=1S/C40H78NO8P/c1-3-5-7-9-11-13-15-17-19-21-22-24-26-28-30-32-39(42)46-36-38(37-48-50(44,45)47-35-34-41)49-40(43)33-31-29-27-25-23-20-18-16-14-12-10-8-6-4-2/h9,11,38H,3-8,10,12-37,41H2,1-2H3,(H,44,45)/b11-9+/t38-/m1/s1. The van der Waals surface area contributed by atoms with Gasteiger partial charge in [0.2, 0.25) is 0 Å². The molecule has 296 valence electrons. The number of phosphoric ester groups is 1. The molecule has 0 aromatic rings. The van der Waals surface area contributed by atoms with Crippen LogP contribution in [-0.4, -0.2) is 49.3 Å². The summed E-state index contributed by atoms with van der Waals surface area (Å²) in [6, 6.07) is 0. The largest absolute Gasteiger partial charge is 0.472 e. The second-order valence-corrected chi connectivity index (χ2v) is 15.3. The van der Waals surface area contributed by atoms with Crippen LogP contribution in [0.1, 0.15) is 200 Å². The number of hydrogen-bond acceptors (Lipinski definition) is 8. The fourth-order valence-corrected chi connectivity index (χ4v) is 6.56. The number of unbranched alkanes of at least 4 members (excludes halogenated alkanes) is 24. The van der Waals surface area contributed by atoms with E-state index in [2.05, 4.69) is 26.0 Å². The third-order valence-corrected chi connectivity index (χ3v) is 9.89. The van der Waals surface area contributed by atoms with Gasteiger partial charge in [0.1, 0.15) is 6.61 Å². The molecule has 0 radical (unpaired) electrons. The van der Waals surface area contributed by atoms with Crippen molar-refractivity contribution in [3.05, 3.63) is 12.2 Å². The van der Waals surface area contributed by atoms with Gasteiger partial charge in [0.05, 0.1) is 13.2 Å².